The van der Waals surface area contributed by atoms with Crippen LogP contribution in [0.4, 0.5) is 13.2 Å². The summed E-state index contributed by atoms with van der Waals surface area (Å²) in [7, 11) is 0. The third-order valence-corrected chi connectivity index (χ3v) is 6.13. The van der Waals surface area contributed by atoms with Gasteiger partial charge in [-0.3, -0.25) is 0 Å². The van der Waals surface area contributed by atoms with Gasteiger partial charge in [0.2, 0.25) is 0 Å². The molecule has 0 N–H and O–H groups in total. The third-order valence-electron chi connectivity index (χ3n) is 6.13. The fourth-order valence-electron chi connectivity index (χ4n) is 4.53. The largest absolute Gasteiger partial charge is 0.490 e. The minimum absolute atomic E-state index is 0.123. The van der Waals surface area contributed by atoms with E-state index >= 15 is 0 Å². The van der Waals surface area contributed by atoms with E-state index in [9.17, 15) is 13.2 Å². The molecule has 4 rings (SSSR count). The van der Waals surface area contributed by atoms with E-state index in [1.807, 2.05) is 6.07 Å². The number of likely N-dealkylation sites (tertiary alicyclic amines) is 2. The number of rotatable bonds is 6. The first-order chi connectivity index (χ1) is 14.0. The molecule has 0 saturated carbocycles. The fourth-order valence-corrected chi connectivity index (χ4v) is 4.53. The number of hydrogen-bond donors (Lipinski definition) is 0. The molecular formula is C22H30F3N3O. The van der Waals surface area contributed by atoms with Gasteiger partial charge in [-0.2, -0.15) is 13.2 Å². The summed E-state index contributed by atoms with van der Waals surface area (Å²) >= 11 is 0. The summed E-state index contributed by atoms with van der Waals surface area (Å²) in [5, 5.41) is 0.754. The maximum Gasteiger partial charge on any atom is 0.406 e. The van der Waals surface area contributed by atoms with Crippen LogP contribution in [0.3, 0.4) is 0 Å². The SMILES string of the molecule is FC(F)(F)Cn1ccc2c(OC3CCN(CCN4CCCCC4)CC3)cccc21. The van der Waals surface area contributed by atoms with Crippen molar-refractivity contribution in [3.05, 3.63) is 30.5 Å². The summed E-state index contributed by atoms with van der Waals surface area (Å²) < 4.78 is 45.8. The zero-order valence-electron chi connectivity index (χ0n) is 16.8. The second-order valence-electron chi connectivity index (χ2n) is 8.31. The number of alkyl halides is 3. The second kappa shape index (κ2) is 8.96. The van der Waals surface area contributed by atoms with Gasteiger partial charge >= 0.3 is 6.18 Å². The molecule has 7 heteroatoms. The Bertz CT molecular complexity index is 790. The number of piperidine rings is 2. The normalized spacial score (nSPS) is 20.4. The lowest BCUT2D eigenvalue weighted by molar-refractivity contribution is -0.139. The predicted octanol–water partition coefficient (Wildman–Crippen LogP) is 4.53. The molecule has 4 nitrogen and oxygen atoms in total. The van der Waals surface area contributed by atoms with Crippen molar-refractivity contribution in [1.29, 1.82) is 0 Å². The van der Waals surface area contributed by atoms with E-state index < -0.39 is 12.7 Å². The summed E-state index contributed by atoms with van der Waals surface area (Å²) in [5.41, 5.74) is 0.568. The Labute approximate surface area is 170 Å². The molecule has 29 heavy (non-hydrogen) atoms. The molecule has 0 aliphatic carbocycles. The van der Waals surface area contributed by atoms with Crippen molar-refractivity contribution in [3.8, 4) is 5.75 Å². The first kappa shape index (κ1) is 20.5. The number of benzene rings is 1. The van der Waals surface area contributed by atoms with Gasteiger partial charge in [0, 0.05) is 37.8 Å². The maximum absolute atomic E-state index is 12.8. The van der Waals surface area contributed by atoms with Crippen LogP contribution in [0.2, 0.25) is 0 Å². The molecule has 160 valence electrons. The van der Waals surface area contributed by atoms with Gasteiger partial charge in [-0.25, -0.2) is 0 Å². The number of hydrogen-bond acceptors (Lipinski definition) is 3. The van der Waals surface area contributed by atoms with Crippen molar-refractivity contribution in [1.82, 2.24) is 14.4 Å². The zero-order valence-corrected chi connectivity index (χ0v) is 16.8. The standard InChI is InChI=1S/C22H30F3N3O/c23-22(24,25)17-28-14-9-19-20(28)5-4-6-21(19)29-18-7-12-27(13-8-18)16-15-26-10-2-1-3-11-26/h4-6,9,14,18H,1-3,7-8,10-13,15-17H2. The molecule has 0 atom stereocenters. The molecular weight excluding hydrogens is 379 g/mol. The summed E-state index contributed by atoms with van der Waals surface area (Å²) in [4.78, 5) is 5.08. The third kappa shape index (κ3) is 5.45. The van der Waals surface area contributed by atoms with Crippen LogP contribution in [0.1, 0.15) is 32.1 Å². The summed E-state index contributed by atoms with van der Waals surface area (Å²) in [6, 6.07) is 7.09. The van der Waals surface area contributed by atoms with E-state index in [4.69, 9.17) is 4.74 Å². The van der Waals surface area contributed by atoms with Gasteiger partial charge in [-0.15, -0.1) is 0 Å². The first-order valence-corrected chi connectivity index (χ1v) is 10.7. The van der Waals surface area contributed by atoms with Crippen molar-refractivity contribution >= 4 is 10.9 Å². The Kier molecular flexibility index (Phi) is 6.35. The molecule has 2 aliphatic rings. The molecule has 3 heterocycles. The number of halogens is 3. The molecule has 0 radical (unpaired) electrons. The zero-order chi connectivity index (χ0) is 20.3. The lowest BCUT2D eigenvalue weighted by Gasteiger charge is -2.34. The Morgan fingerprint density at radius 2 is 1.59 bits per heavy atom. The van der Waals surface area contributed by atoms with Crippen molar-refractivity contribution in [2.75, 3.05) is 39.3 Å². The monoisotopic (exact) mass is 409 g/mol. The topological polar surface area (TPSA) is 20.6 Å². The highest BCUT2D eigenvalue weighted by molar-refractivity contribution is 5.86. The van der Waals surface area contributed by atoms with E-state index in [0.29, 0.717) is 11.3 Å². The summed E-state index contributed by atoms with van der Waals surface area (Å²) in [6.07, 6.45) is 3.32. The van der Waals surface area contributed by atoms with Crippen LogP contribution in [0, 0.1) is 0 Å². The van der Waals surface area contributed by atoms with Crippen molar-refractivity contribution in [3.63, 3.8) is 0 Å². The highest BCUT2D eigenvalue weighted by Crippen LogP contribution is 2.31. The molecule has 2 saturated heterocycles. The van der Waals surface area contributed by atoms with Crippen LogP contribution >= 0.6 is 0 Å². The second-order valence-corrected chi connectivity index (χ2v) is 8.31. The number of nitrogens with zero attached hydrogens (tertiary/aromatic N) is 3. The minimum Gasteiger partial charge on any atom is -0.490 e. The highest BCUT2D eigenvalue weighted by Gasteiger charge is 2.29. The quantitative estimate of drug-likeness (QED) is 0.699. The van der Waals surface area contributed by atoms with E-state index in [-0.39, 0.29) is 6.10 Å². The van der Waals surface area contributed by atoms with Crippen molar-refractivity contribution in [2.24, 2.45) is 0 Å². The number of fused-ring (bicyclic) bond motifs is 1. The minimum atomic E-state index is -4.23. The predicted molar refractivity (Wildman–Crippen MR) is 108 cm³/mol. The van der Waals surface area contributed by atoms with E-state index in [0.717, 1.165) is 44.4 Å². The van der Waals surface area contributed by atoms with Gasteiger partial charge in [0.15, 0.2) is 0 Å². The first-order valence-electron chi connectivity index (χ1n) is 10.7. The smallest absolute Gasteiger partial charge is 0.406 e. The van der Waals surface area contributed by atoms with Gasteiger partial charge < -0.3 is 19.1 Å². The van der Waals surface area contributed by atoms with Gasteiger partial charge in [0.25, 0.3) is 0 Å². The molecule has 1 aromatic heterocycles. The Morgan fingerprint density at radius 3 is 2.28 bits per heavy atom. The van der Waals surface area contributed by atoms with E-state index in [2.05, 4.69) is 9.80 Å². The Hall–Kier alpha value is -1.73. The summed E-state index contributed by atoms with van der Waals surface area (Å²) in [5.74, 6) is 0.690. The van der Waals surface area contributed by atoms with Crippen LogP contribution in [0.25, 0.3) is 10.9 Å². The van der Waals surface area contributed by atoms with Crippen LogP contribution in [-0.2, 0) is 6.54 Å². The molecule has 2 aromatic rings. The van der Waals surface area contributed by atoms with Crippen LogP contribution in [0.15, 0.2) is 30.5 Å². The molecule has 0 unspecified atom stereocenters. The van der Waals surface area contributed by atoms with E-state index in [1.54, 1.807) is 18.2 Å². The number of ether oxygens (including phenoxy) is 1. The van der Waals surface area contributed by atoms with Crippen LogP contribution in [0.5, 0.6) is 5.75 Å². The lowest BCUT2D eigenvalue weighted by atomic mass is 10.1. The van der Waals surface area contributed by atoms with Gasteiger partial charge in [-0.1, -0.05) is 12.5 Å². The van der Waals surface area contributed by atoms with Crippen LogP contribution in [-0.4, -0.2) is 65.9 Å². The number of aromatic nitrogens is 1. The maximum atomic E-state index is 12.8. The molecule has 0 bridgehead atoms. The Morgan fingerprint density at radius 1 is 0.897 bits per heavy atom. The van der Waals surface area contributed by atoms with Gasteiger partial charge in [0.05, 0.1) is 5.52 Å². The van der Waals surface area contributed by atoms with Crippen molar-refractivity contribution < 1.29 is 17.9 Å². The molecule has 2 fully saturated rings. The van der Waals surface area contributed by atoms with E-state index in [1.165, 1.54) is 43.1 Å². The molecule has 0 spiro atoms. The fraction of sp³-hybridized carbons (Fsp3) is 0.636. The molecule has 0 amide bonds. The van der Waals surface area contributed by atoms with Gasteiger partial charge in [-0.05, 0) is 57.0 Å². The lowest BCUT2D eigenvalue weighted by Crippen LogP contribution is -2.43. The Balaban J connectivity index is 1.30. The molecule has 2 aliphatic heterocycles. The van der Waals surface area contributed by atoms with Crippen molar-refractivity contribution in [2.45, 2.75) is 50.9 Å². The summed E-state index contributed by atoms with van der Waals surface area (Å²) in [6.45, 7) is 5.79. The van der Waals surface area contributed by atoms with Crippen LogP contribution < -0.4 is 4.74 Å². The molecule has 1 aromatic carbocycles. The highest BCUT2D eigenvalue weighted by atomic mass is 19.4. The average molecular weight is 409 g/mol. The average Bonchev–Trinajstić information content (AvgIpc) is 3.10. The van der Waals surface area contributed by atoms with Gasteiger partial charge in [0.1, 0.15) is 18.4 Å².